The number of carbonyl (C=O) groups is 1. The lowest BCUT2D eigenvalue weighted by atomic mass is 10.2. The van der Waals surface area contributed by atoms with E-state index >= 15 is 0 Å². The van der Waals surface area contributed by atoms with Gasteiger partial charge in [-0.1, -0.05) is 48.2 Å². The summed E-state index contributed by atoms with van der Waals surface area (Å²) in [5.41, 5.74) is 2.23. The van der Waals surface area contributed by atoms with Gasteiger partial charge in [-0.2, -0.15) is 5.26 Å². The molecular formula is C23H24N6O2S. The average molecular weight is 449 g/mol. The van der Waals surface area contributed by atoms with Gasteiger partial charge in [0.05, 0.1) is 36.6 Å². The van der Waals surface area contributed by atoms with Crippen LogP contribution in [-0.2, 0) is 16.1 Å². The number of aromatic nitrogens is 3. The standard InChI is InChI=1S/C23H24N6O2S/c1-17(21(30)25-20-9-5-8-19(14-20)15-24)32-23-27-26-22(28-10-12-31-13-11-28)29(23)16-18-6-3-2-4-7-18/h2-9,14,17H,10-13,16H2,1H3,(H,25,30). The number of anilines is 2. The van der Waals surface area contributed by atoms with Crippen LogP contribution in [0.3, 0.4) is 0 Å². The maximum absolute atomic E-state index is 12.8. The van der Waals surface area contributed by atoms with Crippen LogP contribution in [-0.4, -0.2) is 52.2 Å². The van der Waals surface area contributed by atoms with Crippen molar-refractivity contribution in [2.75, 3.05) is 36.5 Å². The van der Waals surface area contributed by atoms with E-state index in [4.69, 9.17) is 10.00 Å². The van der Waals surface area contributed by atoms with E-state index in [0.29, 0.717) is 36.2 Å². The zero-order chi connectivity index (χ0) is 22.3. The van der Waals surface area contributed by atoms with Gasteiger partial charge in [0.2, 0.25) is 11.9 Å². The summed E-state index contributed by atoms with van der Waals surface area (Å²) in [7, 11) is 0. The minimum Gasteiger partial charge on any atom is -0.378 e. The zero-order valence-corrected chi connectivity index (χ0v) is 18.6. The van der Waals surface area contributed by atoms with Crippen molar-refractivity contribution in [3.8, 4) is 6.07 Å². The maximum Gasteiger partial charge on any atom is 0.237 e. The lowest BCUT2D eigenvalue weighted by Crippen LogP contribution is -2.38. The first-order valence-corrected chi connectivity index (χ1v) is 11.3. The number of hydrogen-bond donors (Lipinski definition) is 1. The van der Waals surface area contributed by atoms with Crippen LogP contribution in [0.1, 0.15) is 18.1 Å². The first-order chi connectivity index (χ1) is 15.6. The Morgan fingerprint density at radius 2 is 1.97 bits per heavy atom. The van der Waals surface area contributed by atoms with Crippen LogP contribution in [0.25, 0.3) is 0 Å². The number of benzene rings is 2. The number of nitrogens with one attached hydrogen (secondary N) is 1. The Balaban J connectivity index is 1.53. The van der Waals surface area contributed by atoms with Crippen molar-refractivity contribution in [1.82, 2.24) is 14.8 Å². The van der Waals surface area contributed by atoms with Crippen molar-refractivity contribution in [3.63, 3.8) is 0 Å². The van der Waals surface area contributed by atoms with Crippen LogP contribution < -0.4 is 10.2 Å². The molecule has 0 bridgehead atoms. The normalized spacial score (nSPS) is 14.6. The van der Waals surface area contributed by atoms with Crippen molar-refractivity contribution in [2.24, 2.45) is 0 Å². The number of amides is 1. The lowest BCUT2D eigenvalue weighted by Gasteiger charge is -2.28. The highest BCUT2D eigenvalue weighted by molar-refractivity contribution is 8.00. The molecule has 3 aromatic rings. The Bertz CT molecular complexity index is 1110. The van der Waals surface area contributed by atoms with Crippen LogP contribution in [0.15, 0.2) is 59.8 Å². The number of morpholine rings is 1. The molecule has 1 unspecified atom stereocenters. The minimum absolute atomic E-state index is 0.160. The topological polar surface area (TPSA) is 96.1 Å². The monoisotopic (exact) mass is 448 g/mol. The van der Waals surface area contributed by atoms with Crippen molar-refractivity contribution < 1.29 is 9.53 Å². The molecule has 2 heterocycles. The third-order valence-electron chi connectivity index (χ3n) is 5.09. The Morgan fingerprint density at radius 3 is 2.72 bits per heavy atom. The van der Waals surface area contributed by atoms with Crippen LogP contribution in [0, 0.1) is 11.3 Å². The molecular weight excluding hydrogens is 424 g/mol. The van der Waals surface area contributed by atoms with Crippen molar-refractivity contribution in [1.29, 1.82) is 5.26 Å². The highest BCUT2D eigenvalue weighted by atomic mass is 32.2. The molecule has 1 saturated heterocycles. The Kier molecular flexibility index (Phi) is 7.04. The van der Waals surface area contributed by atoms with Gasteiger partial charge in [0.25, 0.3) is 0 Å². The number of ether oxygens (including phenoxy) is 1. The number of hydrogen-bond acceptors (Lipinski definition) is 7. The van der Waals surface area contributed by atoms with E-state index in [1.54, 1.807) is 24.3 Å². The van der Waals surface area contributed by atoms with Gasteiger partial charge in [-0.3, -0.25) is 9.36 Å². The van der Waals surface area contributed by atoms with E-state index in [1.165, 1.54) is 11.8 Å². The Hall–Kier alpha value is -3.35. The summed E-state index contributed by atoms with van der Waals surface area (Å²) in [6.07, 6.45) is 0. The van der Waals surface area contributed by atoms with E-state index in [-0.39, 0.29) is 5.91 Å². The highest BCUT2D eigenvalue weighted by Crippen LogP contribution is 2.28. The number of nitriles is 1. The summed E-state index contributed by atoms with van der Waals surface area (Å²) < 4.78 is 7.54. The van der Waals surface area contributed by atoms with Crippen LogP contribution in [0.2, 0.25) is 0 Å². The fraction of sp³-hybridized carbons (Fsp3) is 0.304. The summed E-state index contributed by atoms with van der Waals surface area (Å²) in [6.45, 7) is 5.26. The second kappa shape index (κ2) is 10.3. The molecule has 2 aromatic carbocycles. The first kappa shape index (κ1) is 21.9. The molecule has 1 aliphatic heterocycles. The van der Waals surface area contributed by atoms with Crippen molar-refractivity contribution >= 4 is 29.3 Å². The molecule has 8 nitrogen and oxygen atoms in total. The van der Waals surface area contributed by atoms with Crippen molar-refractivity contribution in [3.05, 3.63) is 65.7 Å². The largest absolute Gasteiger partial charge is 0.378 e. The van der Waals surface area contributed by atoms with E-state index in [1.807, 2.05) is 25.1 Å². The number of rotatable bonds is 7. The quantitative estimate of drug-likeness (QED) is 0.555. The van der Waals surface area contributed by atoms with Gasteiger partial charge in [-0.25, -0.2) is 0 Å². The lowest BCUT2D eigenvalue weighted by molar-refractivity contribution is -0.115. The molecule has 0 saturated carbocycles. The van der Waals surface area contributed by atoms with Gasteiger partial charge in [0.15, 0.2) is 5.16 Å². The van der Waals surface area contributed by atoms with Crippen LogP contribution >= 0.6 is 11.8 Å². The highest BCUT2D eigenvalue weighted by Gasteiger charge is 2.24. The first-order valence-electron chi connectivity index (χ1n) is 10.4. The Morgan fingerprint density at radius 1 is 1.19 bits per heavy atom. The molecule has 4 rings (SSSR count). The molecule has 1 aromatic heterocycles. The summed E-state index contributed by atoms with van der Waals surface area (Å²) in [6, 6.07) is 19.1. The molecule has 1 N–H and O–H groups in total. The molecule has 32 heavy (non-hydrogen) atoms. The molecule has 1 amide bonds. The number of carbonyl (C=O) groups excluding carboxylic acids is 1. The minimum atomic E-state index is -0.406. The van der Waals surface area contributed by atoms with Gasteiger partial charge in [-0.05, 0) is 30.7 Å². The van der Waals surface area contributed by atoms with Crippen LogP contribution in [0.4, 0.5) is 11.6 Å². The summed E-state index contributed by atoms with van der Waals surface area (Å²) in [4.78, 5) is 15.0. The van der Waals surface area contributed by atoms with Gasteiger partial charge >= 0.3 is 0 Å². The predicted octanol–water partition coefficient (Wildman–Crippen LogP) is 3.15. The fourth-order valence-corrected chi connectivity index (χ4v) is 4.24. The predicted molar refractivity (Wildman–Crippen MR) is 124 cm³/mol. The van der Waals surface area contributed by atoms with Gasteiger partial charge < -0.3 is 15.0 Å². The summed E-state index contributed by atoms with van der Waals surface area (Å²) >= 11 is 1.37. The third kappa shape index (κ3) is 5.28. The van der Waals surface area contributed by atoms with E-state index in [2.05, 4.69) is 43.2 Å². The zero-order valence-electron chi connectivity index (χ0n) is 17.8. The molecule has 1 atom stereocenters. The van der Waals surface area contributed by atoms with E-state index in [9.17, 15) is 4.79 Å². The molecule has 9 heteroatoms. The Labute approximate surface area is 191 Å². The van der Waals surface area contributed by atoms with Gasteiger partial charge in [-0.15, -0.1) is 10.2 Å². The number of nitrogens with zero attached hydrogens (tertiary/aromatic N) is 5. The molecule has 1 aliphatic rings. The molecule has 164 valence electrons. The molecule has 0 radical (unpaired) electrons. The molecule has 1 fully saturated rings. The molecule has 0 aliphatic carbocycles. The van der Waals surface area contributed by atoms with Crippen molar-refractivity contribution in [2.45, 2.75) is 23.9 Å². The molecule has 0 spiro atoms. The second-order valence-corrected chi connectivity index (χ2v) is 8.70. The summed E-state index contributed by atoms with van der Waals surface area (Å²) in [5, 5.41) is 21.1. The average Bonchev–Trinajstić information content (AvgIpc) is 3.22. The van der Waals surface area contributed by atoms with Gasteiger partial charge in [0, 0.05) is 18.8 Å². The van der Waals surface area contributed by atoms with E-state index in [0.717, 1.165) is 24.6 Å². The third-order valence-corrected chi connectivity index (χ3v) is 6.17. The van der Waals surface area contributed by atoms with Crippen LogP contribution in [0.5, 0.6) is 0 Å². The maximum atomic E-state index is 12.8. The second-order valence-electron chi connectivity index (χ2n) is 7.40. The van der Waals surface area contributed by atoms with Gasteiger partial charge in [0.1, 0.15) is 0 Å². The smallest absolute Gasteiger partial charge is 0.237 e. The SMILES string of the molecule is CC(Sc1nnc(N2CCOCC2)n1Cc1ccccc1)C(=O)Nc1cccc(C#N)c1. The van der Waals surface area contributed by atoms with E-state index < -0.39 is 5.25 Å². The number of thioether (sulfide) groups is 1. The summed E-state index contributed by atoms with van der Waals surface area (Å²) in [5.74, 6) is 0.626. The fourth-order valence-electron chi connectivity index (χ4n) is 3.39.